The molecule has 0 radical (unpaired) electrons. The van der Waals surface area contributed by atoms with E-state index in [4.69, 9.17) is 32.2 Å². The molecule has 0 aromatic heterocycles. The SMILES string of the molecule is COc1c(C)c2c(c(O)c1C/C=C(\C)CCC(=O)OC[C@H](NC(=S)[C@H](C)N)C(=O)O)C(=O)OC2. The van der Waals surface area contributed by atoms with E-state index in [2.05, 4.69) is 5.32 Å². The van der Waals surface area contributed by atoms with Crippen LogP contribution in [-0.2, 0) is 32.1 Å². The summed E-state index contributed by atoms with van der Waals surface area (Å²) in [4.78, 5) is 35.6. The number of hydrogen-bond donors (Lipinski definition) is 4. The molecule has 2 rings (SSSR count). The Labute approximate surface area is 203 Å². The topological polar surface area (TPSA) is 157 Å². The molecule has 11 heteroatoms. The molecule has 0 fully saturated rings. The lowest BCUT2D eigenvalue weighted by Gasteiger charge is -2.18. The van der Waals surface area contributed by atoms with Gasteiger partial charge >= 0.3 is 17.9 Å². The fourth-order valence-corrected chi connectivity index (χ4v) is 3.57. The van der Waals surface area contributed by atoms with Crippen molar-refractivity contribution in [3.8, 4) is 11.5 Å². The van der Waals surface area contributed by atoms with Crippen LogP contribution in [-0.4, -0.2) is 58.9 Å². The van der Waals surface area contributed by atoms with Gasteiger partial charge in [-0.3, -0.25) is 4.79 Å². The molecule has 0 saturated carbocycles. The van der Waals surface area contributed by atoms with Crippen molar-refractivity contribution in [2.75, 3.05) is 13.7 Å². The summed E-state index contributed by atoms with van der Waals surface area (Å²) in [6.45, 7) is 4.93. The van der Waals surface area contributed by atoms with Crippen molar-refractivity contribution in [2.45, 2.75) is 58.7 Å². The molecule has 0 amide bonds. The number of carbonyl (C=O) groups excluding carboxylic acids is 2. The summed E-state index contributed by atoms with van der Waals surface area (Å²) in [6.07, 6.45) is 2.49. The second-order valence-corrected chi connectivity index (χ2v) is 8.48. The number of hydrogen-bond acceptors (Lipinski definition) is 9. The van der Waals surface area contributed by atoms with Gasteiger partial charge in [0.2, 0.25) is 0 Å². The number of phenols is 1. The number of rotatable bonds is 11. The van der Waals surface area contributed by atoms with Crippen molar-refractivity contribution in [1.82, 2.24) is 5.32 Å². The first-order chi connectivity index (χ1) is 16.0. The fraction of sp³-hybridized carbons (Fsp3) is 0.478. The van der Waals surface area contributed by atoms with Crippen LogP contribution in [0.3, 0.4) is 0 Å². The zero-order valence-electron chi connectivity index (χ0n) is 19.6. The molecule has 5 N–H and O–H groups in total. The molecule has 1 aromatic carbocycles. The van der Waals surface area contributed by atoms with E-state index >= 15 is 0 Å². The normalized spacial score (nSPS) is 14.6. The molecule has 2 atom stereocenters. The molecule has 1 aromatic rings. The van der Waals surface area contributed by atoms with E-state index in [1.807, 2.05) is 13.0 Å². The molecule has 0 spiro atoms. The lowest BCUT2D eigenvalue weighted by molar-refractivity contribution is -0.148. The van der Waals surface area contributed by atoms with Gasteiger partial charge in [0.15, 0.2) is 6.04 Å². The Morgan fingerprint density at radius 1 is 1.35 bits per heavy atom. The van der Waals surface area contributed by atoms with E-state index in [0.29, 0.717) is 23.3 Å². The van der Waals surface area contributed by atoms with Crippen molar-refractivity contribution in [2.24, 2.45) is 5.73 Å². The Balaban J connectivity index is 1.98. The highest BCUT2D eigenvalue weighted by molar-refractivity contribution is 7.80. The number of fused-ring (bicyclic) bond motifs is 1. The number of allylic oxidation sites excluding steroid dienone is 2. The standard InChI is InChI=1S/C23H30N2O8S/c1-11(6-8-17(26)32-10-16(22(28)29)25-21(34)13(3)24)5-7-14-19(27)18-15(9-33-23(18)30)12(2)20(14)31-4/h5,13,16,27H,6-10,24H2,1-4H3,(H,25,34)(H,28,29)/b11-5+/t13-,16-/m0/s1. The Kier molecular flexibility index (Phi) is 9.39. The third-order valence-corrected chi connectivity index (χ3v) is 5.95. The maximum absolute atomic E-state index is 12.1. The highest BCUT2D eigenvalue weighted by Crippen LogP contribution is 2.42. The van der Waals surface area contributed by atoms with Crippen molar-refractivity contribution in [3.63, 3.8) is 0 Å². The number of aromatic hydroxyl groups is 1. The van der Waals surface area contributed by atoms with Crippen molar-refractivity contribution < 1.29 is 38.8 Å². The Morgan fingerprint density at radius 3 is 2.62 bits per heavy atom. The predicted molar refractivity (Wildman–Crippen MR) is 127 cm³/mol. The molecule has 1 heterocycles. The number of aliphatic carboxylic acids is 1. The van der Waals surface area contributed by atoms with Gasteiger partial charge in [-0.25, -0.2) is 9.59 Å². The molecule has 0 saturated heterocycles. The Hall–Kier alpha value is -3.18. The summed E-state index contributed by atoms with van der Waals surface area (Å²) in [7, 11) is 1.49. The molecule has 1 aliphatic rings. The summed E-state index contributed by atoms with van der Waals surface area (Å²) < 4.78 is 15.6. The monoisotopic (exact) mass is 494 g/mol. The van der Waals surface area contributed by atoms with Crippen LogP contribution in [0.25, 0.3) is 0 Å². The van der Waals surface area contributed by atoms with E-state index in [1.165, 1.54) is 7.11 Å². The summed E-state index contributed by atoms with van der Waals surface area (Å²) in [6, 6.07) is -1.72. The number of thiocarbonyl (C=S) groups is 1. The second-order valence-electron chi connectivity index (χ2n) is 8.04. The number of carboxylic acid groups (broad SMARTS) is 1. The van der Waals surface area contributed by atoms with Crippen LogP contribution in [0, 0.1) is 6.92 Å². The lowest BCUT2D eigenvalue weighted by Crippen LogP contribution is -2.48. The zero-order chi connectivity index (χ0) is 25.6. The number of phenolic OH excluding ortho intramolecular Hbond substituents is 1. The third kappa shape index (κ3) is 6.45. The lowest BCUT2D eigenvalue weighted by atomic mass is 9.94. The van der Waals surface area contributed by atoms with E-state index in [1.54, 1.807) is 13.8 Å². The minimum absolute atomic E-state index is 0.0328. The van der Waals surface area contributed by atoms with Gasteiger partial charge in [-0.1, -0.05) is 23.9 Å². The quantitative estimate of drug-likeness (QED) is 0.202. The first kappa shape index (κ1) is 27.1. The number of cyclic esters (lactones) is 1. The third-order valence-electron chi connectivity index (χ3n) is 5.46. The van der Waals surface area contributed by atoms with Crippen LogP contribution in [0.5, 0.6) is 11.5 Å². The highest BCUT2D eigenvalue weighted by atomic mass is 32.1. The van der Waals surface area contributed by atoms with Crippen LogP contribution in [0.1, 0.15) is 53.7 Å². The first-order valence-electron chi connectivity index (χ1n) is 10.7. The van der Waals surface area contributed by atoms with Gasteiger partial charge in [0.05, 0.1) is 18.1 Å². The largest absolute Gasteiger partial charge is 0.507 e. The van der Waals surface area contributed by atoms with Gasteiger partial charge in [-0.15, -0.1) is 0 Å². The number of carboxylic acids is 1. The average Bonchev–Trinajstić information content (AvgIpc) is 3.17. The number of nitrogens with two attached hydrogens (primary N) is 1. The van der Waals surface area contributed by atoms with Crippen LogP contribution in [0.4, 0.5) is 0 Å². The molecule has 1 aliphatic heterocycles. The molecule has 0 aliphatic carbocycles. The highest BCUT2D eigenvalue weighted by Gasteiger charge is 2.31. The van der Waals surface area contributed by atoms with Crippen LogP contribution in [0.15, 0.2) is 11.6 Å². The molecule has 34 heavy (non-hydrogen) atoms. The van der Waals surface area contributed by atoms with Crippen LogP contribution >= 0.6 is 12.2 Å². The fourth-order valence-electron chi connectivity index (χ4n) is 3.43. The van der Waals surface area contributed by atoms with Crippen molar-refractivity contribution >= 4 is 35.1 Å². The maximum Gasteiger partial charge on any atom is 0.342 e. The molecule has 0 bridgehead atoms. The summed E-state index contributed by atoms with van der Waals surface area (Å²) in [5, 5.41) is 22.5. The molecular weight excluding hydrogens is 464 g/mol. The van der Waals surface area contributed by atoms with Gasteiger partial charge in [0.1, 0.15) is 30.3 Å². The minimum Gasteiger partial charge on any atom is -0.507 e. The van der Waals surface area contributed by atoms with E-state index < -0.39 is 30.0 Å². The van der Waals surface area contributed by atoms with E-state index in [9.17, 15) is 24.6 Å². The summed E-state index contributed by atoms with van der Waals surface area (Å²) in [5.41, 5.74) is 8.41. The number of nitrogens with one attached hydrogen (secondary N) is 1. The molecule has 10 nitrogen and oxygen atoms in total. The van der Waals surface area contributed by atoms with Gasteiger partial charge < -0.3 is 35.5 Å². The maximum atomic E-state index is 12.1. The Bertz CT molecular complexity index is 1020. The van der Waals surface area contributed by atoms with Gasteiger partial charge in [-0.05, 0) is 39.2 Å². The van der Waals surface area contributed by atoms with E-state index in [0.717, 1.165) is 11.1 Å². The average molecular weight is 495 g/mol. The van der Waals surface area contributed by atoms with Crippen LogP contribution < -0.4 is 15.8 Å². The number of ether oxygens (including phenoxy) is 3. The second kappa shape index (κ2) is 11.8. The smallest absolute Gasteiger partial charge is 0.342 e. The number of esters is 2. The van der Waals surface area contributed by atoms with Crippen molar-refractivity contribution in [3.05, 3.63) is 33.9 Å². The zero-order valence-corrected chi connectivity index (χ0v) is 20.4. The first-order valence-corrected chi connectivity index (χ1v) is 11.1. The van der Waals surface area contributed by atoms with Gasteiger partial charge in [-0.2, -0.15) is 0 Å². The molecular formula is C23H30N2O8S. The van der Waals surface area contributed by atoms with Crippen molar-refractivity contribution in [1.29, 1.82) is 0 Å². The number of methoxy groups -OCH3 is 1. The minimum atomic E-state index is -1.21. The van der Waals surface area contributed by atoms with Gasteiger partial charge in [0, 0.05) is 17.5 Å². The summed E-state index contributed by atoms with van der Waals surface area (Å²) in [5.74, 6) is -2.03. The van der Waals surface area contributed by atoms with Gasteiger partial charge in [0.25, 0.3) is 0 Å². The molecule has 186 valence electrons. The number of benzene rings is 1. The molecule has 0 unspecified atom stereocenters. The number of carbonyl (C=O) groups is 3. The Morgan fingerprint density at radius 2 is 2.03 bits per heavy atom. The summed E-state index contributed by atoms with van der Waals surface area (Å²) >= 11 is 4.98. The predicted octanol–water partition coefficient (Wildman–Crippen LogP) is 1.91. The van der Waals surface area contributed by atoms with Crippen LogP contribution in [0.2, 0.25) is 0 Å². The van der Waals surface area contributed by atoms with E-state index in [-0.39, 0.29) is 42.4 Å².